The number of benzene rings is 2. The molecule has 0 saturated carbocycles. The van der Waals surface area contributed by atoms with Crippen molar-refractivity contribution >= 4 is 5.95 Å². The molecule has 6 nitrogen and oxygen atoms in total. The summed E-state index contributed by atoms with van der Waals surface area (Å²) in [6, 6.07) is 18.6. The lowest BCUT2D eigenvalue weighted by Crippen LogP contribution is -2.12. The van der Waals surface area contributed by atoms with Gasteiger partial charge in [0.25, 0.3) is 11.8 Å². The first-order chi connectivity index (χ1) is 11.3. The van der Waals surface area contributed by atoms with Gasteiger partial charge in [0.05, 0.1) is 18.2 Å². The number of ether oxygens (including phenoxy) is 1. The van der Waals surface area contributed by atoms with Crippen LogP contribution in [0.25, 0.3) is 11.5 Å². The highest BCUT2D eigenvalue weighted by molar-refractivity contribution is 5.53. The number of aromatic nitrogens is 2. The van der Waals surface area contributed by atoms with Gasteiger partial charge in [-0.25, -0.2) is 0 Å². The van der Waals surface area contributed by atoms with E-state index in [2.05, 4.69) is 21.5 Å². The van der Waals surface area contributed by atoms with Crippen LogP contribution in [0.2, 0.25) is 0 Å². The maximum absolute atomic E-state index is 8.73. The van der Waals surface area contributed by atoms with Crippen LogP contribution in [-0.2, 0) is 0 Å². The summed E-state index contributed by atoms with van der Waals surface area (Å²) in [5, 5.41) is 15.6. The second-order valence-corrected chi connectivity index (χ2v) is 4.70. The molecule has 3 rings (SSSR count). The predicted octanol–water partition coefficient (Wildman–Crippen LogP) is 3.10. The fourth-order valence-corrected chi connectivity index (χ4v) is 1.95. The van der Waals surface area contributed by atoms with Crippen LogP contribution >= 0.6 is 0 Å². The molecule has 0 amide bonds. The molecule has 1 aromatic heterocycles. The fraction of sp³-hybridized carbons (Fsp3) is 0.118. The second kappa shape index (κ2) is 7.09. The molecule has 0 unspecified atom stereocenters. The van der Waals surface area contributed by atoms with E-state index in [0.717, 1.165) is 5.56 Å². The van der Waals surface area contributed by atoms with Gasteiger partial charge in [0, 0.05) is 5.56 Å². The van der Waals surface area contributed by atoms with Crippen molar-refractivity contribution in [2.24, 2.45) is 0 Å². The SMILES string of the molecule is N#Cc1ccc(OCCNc2noc(-c3ccccc3)n2)cc1. The number of rotatable bonds is 6. The van der Waals surface area contributed by atoms with Gasteiger partial charge in [-0.3, -0.25) is 0 Å². The molecule has 0 spiro atoms. The van der Waals surface area contributed by atoms with Gasteiger partial charge in [0.1, 0.15) is 12.4 Å². The lowest BCUT2D eigenvalue weighted by molar-refractivity contribution is 0.332. The van der Waals surface area contributed by atoms with Gasteiger partial charge in [-0.1, -0.05) is 18.2 Å². The second-order valence-electron chi connectivity index (χ2n) is 4.70. The number of nitriles is 1. The summed E-state index contributed by atoms with van der Waals surface area (Å²) >= 11 is 0. The van der Waals surface area contributed by atoms with E-state index in [4.69, 9.17) is 14.5 Å². The van der Waals surface area contributed by atoms with Crippen LogP contribution in [0.1, 0.15) is 5.56 Å². The first kappa shape index (κ1) is 14.6. The average molecular weight is 306 g/mol. The summed E-state index contributed by atoms with van der Waals surface area (Å²) in [6.07, 6.45) is 0. The minimum absolute atomic E-state index is 0.423. The van der Waals surface area contributed by atoms with E-state index in [1.165, 1.54) is 0 Å². The van der Waals surface area contributed by atoms with Gasteiger partial charge in [0.15, 0.2) is 0 Å². The standard InChI is InChI=1S/C17H14N4O2/c18-12-13-6-8-15(9-7-13)22-11-10-19-17-20-16(23-21-17)14-4-2-1-3-5-14/h1-9H,10-11H2,(H,19,21). The summed E-state index contributed by atoms with van der Waals surface area (Å²) in [5.74, 6) is 1.61. The molecule has 23 heavy (non-hydrogen) atoms. The van der Waals surface area contributed by atoms with Crippen molar-refractivity contribution in [3.63, 3.8) is 0 Å². The Labute approximate surface area is 133 Å². The Morgan fingerprint density at radius 1 is 1.09 bits per heavy atom. The maximum Gasteiger partial charge on any atom is 0.263 e. The van der Waals surface area contributed by atoms with Crippen LogP contribution in [0.15, 0.2) is 59.1 Å². The van der Waals surface area contributed by atoms with Crippen LogP contribution in [0.3, 0.4) is 0 Å². The van der Waals surface area contributed by atoms with Crippen molar-refractivity contribution in [2.45, 2.75) is 0 Å². The molecule has 0 bridgehead atoms. The lowest BCUT2D eigenvalue weighted by Gasteiger charge is -2.05. The predicted molar refractivity (Wildman–Crippen MR) is 84.9 cm³/mol. The third-order valence-corrected chi connectivity index (χ3v) is 3.08. The van der Waals surface area contributed by atoms with E-state index in [-0.39, 0.29) is 0 Å². The Balaban J connectivity index is 1.47. The molecular formula is C17H14N4O2. The molecule has 6 heteroatoms. The Kier molecular flexibility index (Phi) is 4.50. The first-order valence-electron chi connectivity index (χ1n) is 7.11. The summed E-state index contributed by atoms with van der Waals surface area (Å²) in [4.78, 5) is 4.27. The van der Waals surface area contributed by atoms with Gasteiger partial charge < -0.3 is 14.6 Å². The van der Waals surface area contributed by atoms with Crippen molar-refractivity contribution in [2.75, 3.05) is 18.5 Å². The molecule has 0 saturated heterocycles. The monoisotopic (exact) mass is 306 g/mol. The molecular weight excluding hydrogens is 292 g/mol. The Bertz CT molecular complexity index is 791. The average Bonchev–Trinajstić information content (AvgIpc) is 3.09. The molecule has 0 aliphatic carbocycles. The molecule has 0 fully saturated rings. The third kappa shape index (κ3) is 3.86. The van der Waals surface area contributed by atoms with Gasteiger partial charge in [-0.15, -0.1) is 0 Å². The van der Waals surface area contributed by atoms with Crippen LogP contribution in [0, 0.1) is 11.3 Å². The molecule has 0 atom stereocenters. The maximum atomic E-state index is 8.73. The molecule has 1 N–H and O–H groups in total. The Morgan fingerprint density at radius 2 is 1.87 bits per heavy atom. The summed E-state index contributed by atoms with van der Waals surface area (Å²) in [6.45, 7) is 0.981. The highest BCUT2D eigenvalue weighted by Gasteiger charge is 2.07. The summed E-state index contributed by atoms with van der Waals surface area (Å²) in [5.41, 5.74) is 1.48. The number of nitrogens with one attached hydrogen (secondary N) is 1. The molecule has 114 valence electrons. The van der Waals surface area contributed by atoms with Crippen LogP contribution in [0.4, 0.5) is 5.95 Å². The quantitative estimate of drug-likeness (QED) is 0.704. The van der Waals surface area contributed by atoms with Gasteiger partial charge >= 0.3 is 0 Å². The number of hydrogen-bond donors (Lipinski definition) is 1. The molecule has 2 aromatic carbocycles. The largest absolute Gasteiger partial charge is 0.492 e. The highest BCUT2D eigenvalue weighted by Crippen LogP contribution is 2.17. The number of nitrogens with zero attached hydrogens (tertiary/aromatic N) is 3. The molecule has 3 aromatic rings. The van der Waals surface area contributed by atoms with E-state index in [0.29, 0.717) is 36.3 Å². The minimum Gasteiger partial charge on any atom is -0.492 e. The van der Waals surface area contributed by atoms with E-state index in [9.17, 15) is 0 Å². The smallest absolute Gasteiger partial charge is 0.263 e. The normalized spacial score (nSPS) is 10.0. The molecule has 0 aliphatic rings. The summed E-state index contributed by atoms with van der Waals surface area (Å²) in [7, 11) is 0. The molecule has 1 heterocycles. The Hall–Kier alpha value is -3.33. The van der Waals surface area contributed by atoms with Crippen molar-refractivity contribution < 1.29 is 9.26 Å². The van der Waals surface area contributed by atoms with E-state index in [1.807, 2.05) is 30.3 Å². The fourth-order valence-electron chi connectivity index (χ4n) is 1.95. The lowest BCUT2D eigenvalue weighted by atomic mass is 10.2. The highest BCUT2D eigenvalue weighted by atomic mass is 16.5. The van der Waals surface area contributed by atoms with Crippen molar-refractivity contribution in [3.05, 3.63) is 60.2 Å². The van der Waals surface area contributed by atoms with Gasteiger partial charge in [-0.2, -0.15) is 10.2 Å². The molecule has 0 radical (unpaired) electrons. The zero-order chi connectivity index (χ0) is 15.9. The van der Waals surface area contributed by atoms with Crippen LogP contribution in [-0.4, -0.2) is 23.3 Å². The zero-order valence-electron chi connectivity index (χ0n) is 12.3. The van der Waals surface area contributed by atoms with Crippen molar-refractivity contribution in [1.82, 2.24) is 10.1 Å². The topological polar surface area (TPSA) is 84.0 Å². The minimum atomic E-state index is 0.423. The number of hydrogen-bond acceptors (Lipinski definition) is 6. The van der Waals surface area contributed by atoms with Crippen molar-refractivity contribution in [1.29, 1.82) is 5.26 Å². The van der Waals surface area contributed by atoms with Crippen LogP contribution < -0.4 is 10.1 Å². The molecule has 0 aliphatic heterocycles. The van der Waals surface area contributed by atoms with Crippen LogP contribution in [0.5, 0.6) is 5.75 Å². The van der Waals surface area contributed by atoms with E-state index >= 15 is 0 Å². The van der Waals surface area contributed by atoms with Crippen molar-refractivity contribution in [3.8, 4) is 23.3 Å². The van der Waals surface area contributed by atoms with E-state index in [1.54, 1.807) is 24.3 Å². The van der Waals surface area contributed by atoms with Gasteiger partial charge in [-0.05, 0) is 41.6 Å². The number of anilines is 1. The first-order valence-corrected chi connectivity index (χ1v) is 7.11. The Morgan fingerprint density at radius 3 is 2.61 bits per heavy atom. The third-order valence-electron chi connectivity index (χ3n) is 3.08. The van der Waals surface area contributed by atoms with E-state index < -0.39 is 0 Å². The summed E-state index contributed by atoms with van der Waals surface area (Å²) < 4.78 is 10.8. The van der Waals surface area contributed by atoms with Gasteiger partial charge in [0.2, 0.25) is 0 Å². The zero-order valence-corrected chi connectivity index (χ0v) is 12.3.